The van der Waals surface area contributed by atoms with Crippen LogP contribution in [0.25, 0.3) is 0 Å². The smallest absolute Gasteiger partial charge is 0.276 e. The molecule has 0 heterocycles. The molecule has 1 N–H and O–H groups in total. The average molecular weight is 332 g/mol. The molecule has 0 spiro atoms. The number of carbonyl (C=O) groups excluding carboxylic acids is 1. The second kappa shape index (κ2) is 7.08. The molecule has 2 aromatic carbocycles. The van der Waals surface area contributed by atoms with E-state index in [0.717, 1.165) is 23.3 Å². The molecular formula is C17H17FN2O4. The molecule has 0 atom stereocenters. The van der Waals surface area contributed by atoms with E-state index in [2.05, 4.69) is 5.32 Å². The summed E-state index contributed by atoms with van der Waals surface area (Å²) in [7, 11) is 1.55. The van der Waals surface area contributed by atoms with Gasteiger partial charge in [-0.2, -0.15) is 0 Å². The van der Waals surface area contributed by atoms with Crippen molar-refractivity contribution >= 4 is 11.6 Å². The van der Waals surface area contributed by atoms with Crippen molar-refractivity contribution in [3.05, 3.63) is 68.5 Å². The Morgan fingerprint density at radius 1 is 1.29 bits per heavy atom. The topological polar surface area (TPSA) is 81.5 Å². The third-order valence-electron chi connectivity index (χ3n) is 3.70. The van der Waals surface area contributed by atoms with Gasteiger partial charge < -0.3 is 10.1 Å². The Kier molecular flexibility index (Phi) is 5.13. The summed E-state index contributed by atoms with van der Waals surface area (Å²) in [6, 6.07) is 7.54. The first-order chi connectivity index (χ1) is 11.3. The SMILES string of the molecule is COc1cc(CNC(=O)c2cc(F)c(C)c([N+](=O)[O-])c2)ccc1C. The van der Waals surface area contributed by atoms with E-state index >= 15 is 0 Å². The number of nitro groups is 1. The highest BCUT2D eigenvalue weighted by Gasteiger charge is 2.19. The maximum absolute atomic E-state index is 13.8. The van der Waals surface area contributed by atoms with Crippen LogP contribution in [-0.2, 0) is 6.54 Å². The molecule has 6 nitrogen and oxygen atoms in total. The van der Waals surface area contributed by atoms with E-state index in [9.17, 15) is 19.3 Å². The quantitative estimate of drug-likeness (QED) is 0.673. The van der Waals surface area contributed by atoms with Gasteiger partial charge in [0, 0.05) is 18.2 Å². The molecule has 0 aliphatic heterocycles. The van der Waals surface area contributed by atoms with Gasteiger partial charge in [-0.3, -0.25) is 14.9 Å². The van der Waals surface area contributed by atoms with Crippen LogP contribution in [0.3, 0.4) is 0 Å². The standard InChI is InChI=1S/C17H17FN2O4/c1-10-4-5-12(6-16(10)24-3)9-19-17(21)13-7-14(18)11(2)15(8-13)20(22)23/h4-8H,9H2,1-3H3,(H,19,21). The number of benzene rings is 2. The Bertz CT molecular complexity index is 805. The molecule has 0 radical (unpaired) electrons. The Balaban J connectivity index is 2.17. The van der Waals surface area contributed by atoms with Crippen molar-refractivity contribution in [2.24, 2.45) is 0 Å². The first-order valence-electron chi connectivity index (χ1n) is 7.19. The monoisotopic (exact) mass is 332 g/mol. The molecule has 0 aromatic heterocycles. The summed E-state index contributed by atoms with van der Waals surface area (Å²) in [6.45, 7) is 3.39. The molecule has 0 aliphatic rings. The molecular weight excluding hydrogens is 315 g/mol. The van der Waals surface area contributed by atoms with E-state index in [4.69, 9.17) is 4.74 Å². The first-order valence-corrected chi connectivity index (χ1v) is 7.19. The second-order valence-electron chi connectivity index (χ2n) is 5.35. The number of nitro benzene ring substituents is 1. The van der Waals surface area contributed by atoms with Crippen LogP contribution in [-0.4, -0.2) is 17.9 Å². The van der Waals surface area contributed by atoms with Crippen molar-refractivity contribution in [3.8, 4) is 5.75 Å². The zero-order valence-electron chi connectivity index (χ0n) is 13.6. The molecule has 0 unspecified atom stereocenters. The van der Waals surface area contributed by atoms with Gasteiger partial charge in [0.15, 0.2) is 0 Å². The number of rotatable bonds is 5. The van der Waals surface area contributed by atoms with Crippen molar-refractivity contribution in [3.63, 3.8) is 0 Å². The minimum atomic E-state index is -0.786. The van der Waals surface area contributed by atoms with Crippen molar-refractivity contribution in [1.29, 1.82) is 0 Å². The summed E-state index contributed by atoms with van der Waals surface area (Å²) in [5, 5.41) is 13.5. The summed E-state index contributed by atoms with van der Waals surface area (Å²) < 4.78 is 19.0. The van der Waals surface area contributed by atoms with Crippen LogP contribution < -0.4 is 10.1 Å². The highest BCUT2D eigenvalue weighted by molar-refractivity contribution is 5.95. The van der Waals surface area contributed by atoms with Crippen LogP contribution in [0.2, 0.25) is 0 Å². The van der Waals surface area contributed by atoms with Crippen molar-refractivity contribution in [1.82, 2.24) is 5.32 Å². The highest BCUT2D eigenvalue weighted by atomic mass is 19.1. The molecule has 1 amide bonds. The van der Waals surface area contributed by atoms with Gasteiger partial charge in [-0.1, -0.05) is 12.1 Å². The van der Waals surface area contributed by atoms with E-state index in [1.165, 1.54) is 6.92 Å². The molecule has 126 valence electrons. The van der Waals surface area contributed by atoms with Crippen LogP contribution in [0.5, 0.6) is 5.75 Å². The molecule has 0 aliphatic carbocycles. The number of amides is 1. The van der Waals surface area contributed by atoms with Crippen LogP contribution in [0.4, 0.5) is 10.1 Å². The van der Waals surface area contributed by atoms with E-state index < -0.39 is 22.3 Å². The van der Waals surface area contributed by atoms with Gasteiger partial charge >= 0.3 is 0 Å². The van der Waals surface area contributed by atoms with Gasteiger partial charge in [-0.05, 0) is 37.1 Å². The van der Waals surface area contributed by atoms with Crippen molar-refractivity contribution in [2.45, 2.75) is 20.4 Å². The number of halogens is 1. The summed E-state index contributed by atoms with van der Waals surface area (Å²) in [5.74, 6) is -0.679. The molecule has 0 saturated heterocycles. The fourth-order valence-corrected chi connectivity index (χ4v) is 2.24. The van der Waals surface area contributed by atoms with Crippen LogP contribution in [0.1, 0.15) is 27.0 Å². The number of hydrogen-bond acceptors (Lipinski definition) is 4. The molecule has 2 aromatic rings. The van der Waals surface area contributed by atoms with Gasteiger partial charge in [-0.15, -0.1) is 0 Å². The minimum Gasteiger partial charge on any atom is -0.496 e. The third-order valence-corrected chi connectivity index (χ3v) is 3.70. The summed E-state index contributed by atoms with van der Waals surface area (Å²) in [4.78, 5) is 22.4. The van der Waals surface area contributed by atoms with E-state index in [1.54, 1.807) is 13.2 Å². The number of carbonyl (C=O) groups is 1. The lowest BCUT2D eigenvalue weighted by Gasteiger charge is -2.09. The Morgan fingerprint density at radius 3 is 2.62 bits per heavy atom. The number of nitrogens with zero attached hydrogens (tertiary/aromatic N) is 1. The Labute approximate surface area is 138 Å². The van der Waals surface area contributed by atoms with E-state index in [-0.39, 0.29) is 17.7 Å². The Morgan fingerprint density at radius 2 is 2.00 bits per heavy atom. The highest BCUT2D eigenvalue weighted by Crippen LogP contribution is 2.23. The molecule has 0 saturated carbocycles. The predicted octanol–water partition coefficient (Wildman–Crippen LogP) is 3.29. The predicted molar refractivity (Wildman–Crippen MR) is 86.7 cm³/mol. The summed E-state index contributed by atoms with van der Waals surface area (Å²) in [5.41, 5.74) is 1.15. The normalized spacial score (nSPS) is 10.3. The Hall–Kier alpha value is -2.96. The van der Waals surface area contributed by atoms with E-state index in [0.29, 0.717) is 5.75 Å². The third kappa shape index (κ3) is 3.68. The van der Waals surface area contributed by atoms with Crippen molar-refractivity contribution in [2.75, 3.05) is 7.11 Å². The number of ether oxygens (including phenoxy) is 1. The molecule has 2 rings (SSSR count). The number of methoxy groups -OCH3 is 1. The van der Waals surface area contributed by atoms with Gasteiger partial charge in [0.1, 0.15) is 11.6 Å². The first kappa shape index (κ1) is 17.4. The number of nitrogens with one attached hydrogen (secondary N) is 1. The molecule has 0 bridgehead atoms. The second-order valence-corrected chi connectivity index (χ2v) is 5.35. The van der Waals surface area contributed by atoms with Gasteiger partial charge in [0.05, 0.1) is 17.6 Å². The molecule has 0 fully saturated rings. The fraction of sp³-hybridized carbons (Fsp3) is 0.235. The van der Waals surface area contributed by atoms with Gasteiger partial charge in [-0.25, -0.2) is 4.39 Å². The zero-order valence-corrected chi connectivity index (χ0v) is 13.6. The lowest BCUT2D eigenvalue weighted by Crippen LogP contribution is -2.23. The largest absolute Gasteiger partial charge is 0.496 e. The summed E-state index contributed by atoms with van der Waals surface area (Å²) in [6.07, 6.45) is 0. The van der Waals surface area contributed by atoms with Crippen LogP contribution in [0, 0.1) is 29.8 Å². The van der Waals surface area contributed by atoms with Gasteiger partial charge in [0.2, 0.25) is 0 Å². The lowest BCUT2D eigenvalue weighted by molar-refractivity contribution is -0.385. The molecule has 7 heteroatoms. The maximum Gasteiger partial charge on any atom is 0.276 e. The minimum absolute atomic E-state index is 0.0936. The lowest BCUT2D eigenvalue weighted by atomic mass is 10.1. The average Bonchev–Trinajstić information content (AvgIpc) is 2.55. The van der Waals surface area contributed by atoms with Crippen LogP contribution in [0.15, 0.2) is 30.3 Å². The number of hydrogen-bond donors (Lipinski definition) is 1. The maximum atomic E-state index is 13.8. The van der Waals surface area contributed by atoms with Crippen molar-refractivity contribution < 1.29 is 18.8 Å². The van der Waals surface area contributed by atoms with Gasteiger partial charge in [0.25, 0.3) is 11.6 Å². The zero-order chi connectivity index (χ0) is 17.9. The molecule has 24 heavy (non-hydrogen) atoms. The van der Waals surface area contributed by atoms with Crippen LogP contribution >= 0.6 is 0 Å². The summed E-state index contributed by atoms with van der Waals surface area (Å²) >= 11 is 0. The number of aryl methyl sites for hydroxylation is 1. The van der Waals surface area contributed by atoms with E-state index in [1.807, 2.05) is 19.1 Å². The fourth-order valence-electron chi connectivity index (χ4n) is 2.24.